The van der Waals surface area contributed by atoms with Gasteiger partial charge in [-0.25, -0.2) is 9.78 Å². The van der Waals surface area contributed by atoms with E-state index in [1.54, 1.807) is 11.3 Å². The Kier molecular flexibility index (Phi) is 3.18. The van der Waals surface area contributed by atoms with Crippen LogP contribution in [0.4, 0.5) is 0 Å². The molecule has 0 bridgehead atoms. The molecule has 0 aliphatic rings. The minimum atomic E-state index is -0.717. The van der Waals surface area contributed by atoms with Gasteiger partial charge in [-0.1, -0.05) is 0 Å². The highest BCUT2D eigenvalue weighted by molar-refractivity contribution is 7.16. The summed E-state index contributed by atoms with van der Waals surface area (Å²) in [5.41, 5.74) is -0.727. The van der Waals surface area contributed by atoms with Crippen LogP contribution >= 0.6 is 11.3 Å². The molecule has 3 aromatic heterocycles. The van der Waals surface area contributed by atoms with E-state index in [1.165, 1.54) is 0 Å². The van der Waals surface area contributed by atoms with Crippen molar-refractivity contribution in [3.63, 3.8) is 0 Å². The summed E-state index contributed by atoms with van der Waals surface area (Å²) in [7, 11) is 0. The maximum Gasteiger partial charge on any atom is 0.326 e. The van der Waals surface area contributed by atoms with Crippen molar-refractivity contribution in [2.24, 2.45) is 0 Å². The number of nitrogens with one attached hydrogen (secondary N) is 3. The molecule has 3 aromatic rings. The molecule has 0 saturated carbocycles. The lowest BCUT2D eigenvalue weighted by Crippen LogP contribution is -2.30. The second kappa shape index (κ2) is 5.02. The van der Waals surface area contributed by atoms with Gasteiger partial charge in [0.25, 0.3) is 11.5 Å². The maximum absolute atomic E-state index is 11.9. The van der Waals surface area contributed by atoms with Gasteiger partial charge in [-0.05, 0) is 6.92 Å². The Balaban J connectivity index is 1.74. The molecule has 0 aliphatic heterocycles. The molecule has 0 unspecified atom stereocenters. The first kappa shape index (κ1) is 13.3. The van der Waals surface area contributed by atoms with Gasteiger partial charge in [0.2, 0.25) is 0 Å². The molecular weight excluding hydrogens is 294 g/mol. The lowest BCUT2D eigenvalue weighted by atomic mass is 10.3. The van der Waals surface area contributed by atoms with E-state index in [0.717, 1.165) is 15.9 Å². The third kappa shape index (κ3) is 2.77. The second-order valence-corrected chi connectivity index (χ2v) is 5.66. The van der Waals surface area contributed by atoms with Crippen molar-refractivity contribution in [1.82, 2.24) is 24.7 Å². The van der Waals surface area contributed by atoms with E-state index in [2.05, 4.69) is 15.3 Å². The van der Waals surface area contributed by atoms with Crippen LogP contribution in [0.1, 0.15) is 21.1 Å². The summed E-state index contributed by atoms with van der Waals surface area (Å²) in [5, 5.41) is 2.60. The highest BCUT2D eigenvalue weighted by Crippen LogP contribution is 2.16. The topological polar surface area (TPSA) is 112 Å². The minimum Gasteiger partial charge on any atom is -0.345 e. The van der Waals surface area contributed by atoms with Crippen molar-refractivity contribution in [1.29, 1.82) is 0 Å². The Morgan fingerprint density at radius 2 is 2.19 bits per heavy atom. The zero-order valence-electron chi connectivity index (χ0n) is 11.0. The first-order chi connectivity index (χ1) is 10.0. The first-order valence-corrected chi connectivity index (χ1v) is 6.89. The number of hydrogen-bond acceptors (Lipinski definition) is 5. The fourth-order valence-electron chi connectivity index (χ4n) is 1.90. The Bertz CT molecular complexity index is 872. The number of rotatable bonds is 3. The molecule has 0 saturated heterocycles. The molecule has 108 valence electrons. The van der Waals surface area contributed by atoms with Gasteiger partial charge in [0.1, 0.15) is 5.69 Å². The smallest absolute Gasteiger partial charge is 0.326 e. The Morgan fingerprint density at radius 3 is 2.90 bits per heavy atom. The van der Waals surface area contributed by atoms with E-state index in [4.69, 9.17) is 0 Å². The molecule has 3 heterocycles. The number of fused-ring (bicyclic) bond motifs is 1. The molecule has 0 aromatic carbocycles. The zero-order chi connectivity index (χ0) is 15.0. The van der Waals surface area contributed by atoms with Crippen molar-refractivity contribution >= 4 is 22.2 Å². The number of imidazole rings is 1. The van der Waals surface area contributed by atoms with Gasteiger partial charge in [-0.3, -0.25) is 19.0 Å². The number of aromatic nitrogens is 4. The lowest BCUT2D eigenvalue weighted by Gasteiger charge is -2.02. The number of carbonyl (C=O) groups excluding carboxylic acids is 1. The summed E-state index contributed by atoms with van der Waals surface area (Å²) in [6, 6.07) is 1.03. The van der Waals surface area contributed by atoms with Gasteiger partial charge in [0.15, 0.2) is 4.96 Å². The molecule has 9 heteroatoms. The highest BCUT2D eigenvalue weighted by Gasteiger charge is 2.10. The fraction of sp³-hybridized carbons (Fsp3) is 0.167. The maximum atomic E-state index is 11.9. The number of nitrogens with zero attached hydrogens (tertiary/aromatic N) is 2. The number of aromatic amines is 2. The van der Waals surface area contributed by atoms with Crippen LogP contribution in [-0.2, 0) is 6.54 Å². The van der Waals surface area contributed by atoms with Gasteiger partial charge < -0.3 is 10.3 Å². The van der Waals surface area contributed by atoms with E-state index in [9.17, 15) is 14.4 Å². The standard InChI is InChI=1S/C12H11N5O3S/c1-6-4-17-5-7(14-12(17)21-6)3-13-10(19)8-2-9(18)16-11(20)15-8/h2,4-5H,3H2,1H3,(H,13,19)(H2,15,16,18,20). The molecule has 1 amide bonds. The lowest BCUT2D eigenvalue weighted by molar-refractivity contribution is 0.0945. The quantitative estimate of drug-likeness (QED) is 0.632. The summed E-state index contributed by atoms with van der Waals surface area (Å²) < 4.78 is 1.89. The van der Waals surface area contributed by atoms with Gasteiger partial charge in [0, 0.05) is 23.3 Å². The van der Waals surface area contributed by atoms with Crippen molar-refractivity contribution in [3.05, 3.63) is 55.6 Å². The first-order valence-electron chi connectivity index (χ1n) is 6.07. The normalized spacial score (nSPS) is 10.9. The second-order valence-electron chi connectivity index (χ2n) is 4.45. The van der Waals surface area contributed by atoms with E-state index in [0.29, 0.717) is 5.69 Å². The van der Waals surface area contributed by atoms with Crippen molar-refractivity contribution in [2.45, 2.75) is 13.5 Å². The molecule has 21 heavy (non-hydrogen) atoms. The van der Waals surface area contributed by atoms with E-state index < -0.39 is 17.2 Å². The summed E-state index contributed by atoms with van der Waals surface area (Å²) in [5.74, 6) is -0.536. The SMILES string of the molecule is Cc1cn2cc(CNC(=O)c3cc(=O)[nH]c(=O)[nH]3)nc2s1. The Labute approximate surface area is 121 Å². The van der Waals surface area contributed by atoms with Gasteiger partial charge in [-0.15, -0.1) is 11.3 Å². The molecule has 0 radical (unpaired) electrons. The summed E-state index contributed by atoms with van der Waals surface area (Å²) in [4.78, 5) is 44.7. The highest BCUT2D eigenvalue weighted by atomic mass is 32.1. The van der Waals surface area contributed by atoms with Crippen LogP contribution in [0.3, 0.4) is 0 Å². The Hall–Kier alpha value is -2.68. The van der Waals surface area contributed by atoms with Crippen LogP contribution in [-0.4, -0.2) is 25.3 Å². The molecule has 0 aliphatic carbocycles. The number of H-pyrrole nitrogens is 2. The number of thiazole rings is 1. The molecule has 8 nitrogen and oxygen atoms in total. The molecule has 0 atom stereocenters. The van der Waals surface area contributed by atoms with Crippen LogP contribution in [0.2, 0.25) is 0 Å². The van der Waals surface area contributed by atoms with Crippen LogP contribution in [0.15, 0.2) is 28.0 Å². The predicted octanol–water partition coefficient (Wildman–Crippen LogP) is 0.0108. The van der Waals surface area contributed by atoms with E-state index >= 15 is 0 Å². The number of carbonyl (C=O) groups is 1. The van der Waals surface area contributed by atoms with Crippen molar-refractivity contribution < 1.29 is 4.79 Å². The predicted molar refractivity (Wildman–Crippen MR) is 76.7 cm³/mol. The number of hydrogen-bond donors (Lipinski definition) is 3. The summed E-state index contributed by atoms with van der Waals surface area (Å²) >= 11 is 1.55. The van der Waals surface area contributed by atoms with Crippen LogP contribution in [0, 0.1) is 6.92 Å². The molecule has 3 N–H and O–H groups in total. The van der Waals surface area contributed by atoms with E-state index in [1.807, 2.05) is 28.7 Å². The van der Waals surface area contributed by atoms with Crippen LogP contribution < -0.4 is 16.6 Å². The monoisotopic (exact) mass is 305 g/mol. The third-order valence-corrected chi connectivity index (χ3v) is 3.67. The number of amides is 1. The minimum absolute atomic E-state index is 0.0828. The fourth-order valence-corrected chi connectivity index (χ4v) is 2.73. The summed E-state index contributed by atoms with van der Waals surface area (Å²) in [6.07, 6.45) is 3.77. The average molecular weight is 305 g/mol. The zero-order valence-corrected chi connectivity index (χ0v) is 11.8. The van der Waals surface area contributed by atoms with Crippen LogP contribution in [0.25, 0.3) is 4.96 Å². The molecule has 0 spiro atoms. The van der Waals surface area contributed by atoms with Crippen molar-refractivity contribution in [2.75, 3.05) is 0 Å². The molecule has 0 fully saturated rings. The molecule has 3 rings (SSSR count). The van der Waals surface area contributed by atoms with Crippen molar-refractivity contribution in [3.8, 4) is 0 Å². The number of aryl methyl sites for hydroxylation is 1. The largest absolute Gasteiger partial charge is 0.345 e. The Morgan fingerprint density at radius 1 is 1.38 bits per heavy atom. The summed E-state index contributed by atoms with van der Waals surface area (Å²) in [6.45, 7) is 2.20. The average Bonchev–Trinajstić information content (AvgIpc) is 2.91. The van der Waals surface area contributed by atoms with Gasteiger partial charge >= 0.3 is 5.69 Å². The van der Waals surface area contributed by atoms with Gasteiger partial charge in [-0.2, -0.15) is 0 Å². The van der Waals surface area contributed by atoms with Crippen LogP contribution in [0.5, 0.6) is 0 Å². The van der Waals surface area contributed by atoms with Gasteiger partial charge in [0.05, 0.1) is 12.2 Å². The molecular formula is C12H11N5O3S. The van der Waals surface area contributed by atoms with E-state index in [-0.39, 0.29) is 12.2 Å². The third-order valence-electron chi connectivity index (χ3n) is 2.76.